The van der Waals surface area contributed by atoms with Crippen LogP contribution in [0.2, 0.25) is 0 Å². The monoisotopic (exact) mass is 323 g/mol. The normalized spacial score (nSPS) is 21.5. The predicted octanol–water partition coefficient (Wildman–Crippen LogP) is 1.62. The van der Waals surface area contributed by atoms with Crippen LogP contribution in [-0.4, -0.2) is 49.4 Å². The molecule has 1 N–H and O–H groups in total. The average Bonchev–Trinajstić information content (AvgIpc) is 3.03. The first-order valence-electron chi connectivity index (χ1n) is 8.51. The van der Waals surface area contributed by atoms with E-state index >= 15 is 0 Å². The van der Waals surface area contributed by atoms with Gasteiger partial charge >= 0.3 is 0 Å². The molecule has 2 aromatic carbocycles. The van der Waals surface area contributed by atoms with Gasteiger partial charge in [0.05, 0.1) is 11.6 Å². The van der Waals surface area contributed by atoms with Crippen LogP contribution in [-0.2, 0) is 9.59 Å². The summed E-state index contributed by atoms with van der Waals surface area (Å²) in [6.07, 6.45) is 0.311. The van der Waals surface area contributed by atoms with E-state index in [0.717, 1.165) is 42.6 Å². The Morgan fingerprint density at radius 2 is 1.79 bits per heavy atom. The van der Waals surface area contributed by atoms with Crippen molar-refractivity contribution >= 4 is 28.3 Å². The molecule has 2 amide bonds. The molecule has 2 heterocycles. The minimum atomic E-state index is -0.227. The zero-order valence-electron chi connectivity index (χ0n) is 13.6. The summed E-state index contributed by atoms with van der Waals surface area (Å²) in [5.41, 5.74) is 0.911. The topological polar surface area (TPSA) is 52.7 Å². The lowest BCUT2D eigenvalue weighted by Crippen LogP contribution is -2.48. The number of fused-ring (bicyclic) bond motifs is 1. The van der Waals surface area contributed by atoms with Crippen molar-refractivity contribution in [3.63, 3.8) is 0 Å². The van der Waals surface area contributed by atoms with Crippen molar-refractivity contribution in [1.29, 1.82) is 0 Å². The molecule has 1 atom stereocenters. The third-order valence-corrected chi connectivity index (χ3v) is 4.96. The molecule has 24 heavy (non-hydrogen) atoms. The molecule has 2 saturated heterocycles. The maximum atomic E-state index is 12.7. The van der Waals surface area contributed by atoms with E-state index in [-0.39, 0.29) is 17.7 Å². The minimum Gasteiger partial charge on any atom is -0.340 e. The highest BCUT2D eigenvalue weighted by atomic mass is 16.2. The minimum absolute atomic E-state index is 0.0415. The Bertz CT molecular complexity index is 778. The summed E-state index contributed by atoms with van der Waals surface area (Å²) in [4.78, 5) is 28.9. The molecule has 5 nitrogen and oxygen atoms in total. The van der Waals surface area contributed by atoms with E-state index < -0.39 is 0 Å². The molecule has 124 valence electrons. The lowest BCUT2D eigenvalue weighted by molar-refractivity contribution is -0.136. The number of piperazine rings is 1. The van der Waals surface area contributed by atoms with Crippen molar-refractivity contribution in [2.45, 2.75) is 6.42 Å². The van der Waals surface area contributed by atoms with E-state index in [1.807, 2.05) is 47.4 Å². The number of carbonyl (C=O) groups is 2. The van der Waals surface area contributed by atoms with Crippen LogP contribution in [0.4, 0.5) is 5.69 Å². The highest BCUT2D eigenvalue weighted by molar-refractivity contribution is 6.06. The van der Waals surface area contributed by atoms with Crippen molar-refractivity contribution in [2.75, 3.05) is 37.6 Å². The van der Waals surface area contributed by atoms with Gasteiger partial charge in [0.25, 0.3) is 0 Å². The summed E-state index contributed by atoms with van der Waals surface area (Å²) >= 11 is 0. The maximum absolute atomic E-state index is 12.7. The Labute approximate surface area is 141 Å². The second-order valence-electron chi connectivity index (χ2n) is 6.48. The highest BCUT2D eigenvalue weighted by Crippen LogP contribution is 2.32. The summed E-state index contributed by atoms with van der Waals surface area (Å²) in [6.45, 7) is 3.62. The van der Waals surface area contributed by atoms with Crippen LogP contribution < -0.4 is 10.2 Å². The average molecular weight is 323 g/mol. The Kier molecular flexibility index (Phi) is 3.94. The Balaban J connectivity index is 1.58. The molecule has 0 saturated carbocycles. The van der Waals surface area contributed by atoms with Gasteiger partial charge in [-0.05, 0) is 11.5 Å². The van der Waals surface area contributed by atoms with Crippen LogP contribution in [0.15, 0.2) is 42.5 Å². The van der Waals surface area contributed by atoms with E-state index in [4.69, 9.17) is 0 Å². The van der Waals surface area contributed by atoms with Gasteiger partial charge in [-0.1, -0.05) is 36.4 Å². The first-order valence-corrected chi connectivity index (χ1v) is 8.51. The van der Waals surface area contributed by atoms with Crippen molar-refractivity contribution < 1.29 is 9.59 Å². The zero-order valence-corrected chi connectivity index (χ0v) is 13.6. The quantitative estimate of drug-likeness (QED) is 0.914. The Hall–Kier alpha value is -2.40. The first kappa shape index (κ1) is 15.1. The fourth-order valence-electron chi connectivity index (χ4n) is 3.69. The third-order valence-electron chi connectivity index (χ3n) is 4.96. The van der Waals surface area contributed by atoms with Gasteiger partial charge in [-0.3, -0.25) is 9.59 Å². The summed E-state index contributed by atoms with van der Waals surface area (Å²) in [5.74, 6) is -0.0676. The number of hydrogen-bond donors (Lipinski definition) is 1. The molecular weight excluding hydrogens is 302 g/mol. The van der Waals surface area contributed by atoms with Crippen molar-refractivity contribution in [1.82, 2.24) is 10.2 Å². The maximum Gasteiger partial charge on any atom is 0.228 e. The van der Waals surface area contributed by atoms with Crippen molar-refractivity contribution in [3.05, 3.63) is 42.5 Å². The van der Waals surface area contributed by atoms with Crippen LogP contribution in [0, 0.1) is 5.92 Å². The largest absolute Gasteiger partial charge is 0.340 e. The van der Waals surface area contributed by atoms with Gasteiger partial charge in [0.2, 0.25) is 11.8 Å². The van der Waals surface area contributed by atoms with E-state index in [9.17, 15) is 9.59 Å². The molecule has 0 radical (unpaired) electrons. The van der Waals surface area contributed by atoms with Gasteiger partial charge in [0, 0.05) is 44.5 Å². The number of amides is 2. The molecule has 0 spiro atoms. The van der Waals surface area contributed by atoms with E-state index in [0.29, 0.717) is 13.0 Å². The molecule has 2 aliphatic heterocycles. The highest BCUT2D eigenvalue weighted by Gasteiger charge is 2.37. The third kappa shape index (κ3) is 2.65. The number of carbonyl (C=O) groups excluding carboxylic acids is 2. The van der Waals surface area contributed by atoms with E-state index in [1.54, 1.807) is 4.90 Å². The number of nitrogens with zero attached hydrogens (tertiary/aromatic N) is 2. The van der Waals surface area contributed by atoms with Crippen LogP contribution in [0.3, 0.4) is 0 Å². The molecule has 2 fully saturated rings. The van der Waals surface area contributed by atoms with Crippen LogP contribution in [0.5, 0.6) is 0 Å². The van der Waals surface area contributed by atoms with Gasteiger partial charge in [-0.15, -0.1) is 0 Å². The fraction of sp³-hybridized carbons (Fsp3) is 0.368. The summed E-state index contributed by atoms with van der Waals surface area (Å²) < 4.78 is 0. The van der Waals surface area contributed by atoms with Crippen LogP contribution in [0.25, 0.3) is 10.8 Å². The standard InChI is InChI=1S/C19H21N3O2/c23-18-12-15(19(24)21-10-8-20-9-11-21)13-22(18)17-7-3-5-14-4-1-2-6-16(14)17/h1-7,15,20H,8-13H2. The molecule has 1 unspecified atom stereocenters. The number of benzene rings is 2. The molecule has 0 aromatic heterocycles. The SMILES string of the molecule is O=C(C1CC(=O)N(c2cccc3ccccc23)C1)N1CCNCC1. The van der Waals surface area contributed by atoms with Crippen molar-refractivity contribution in [2.24, 2.45) is 5.92 Å². The van der Waals surface area contributed by atoms with Gasteiger partial charge in [0.1, 0.15) is 0 Å². The summed E-state index contributed by atoms with van der Waals surface area (Å²) in [6, 6.07) is 14.0. The Morgan fingerprint density at radius 3 is 2.62 bits per heavy atom. The number of nitrogens with one attached hydrogen (secondary N) is 1. The Morgan fingerprint density at radius 1 is 1.04 bits per heavy atom. The fourth-order valence-corrected chi connectivity index (χ4v) is 3.69. The number of rotatable bonds is 2. The van der Waals surface area contributed by atoms with Crippen LogP contribution in [0.1, 0.15) is 6.42 Å². The van der Waals surface area contributed by atoms with Gasteiger partial charge in [-0.2, -0.15) is 0 Å². The first-order chi connectivity index (χ1) is 11.7. The molecule has 4 rings (SSSR count). The number of anilines is 1. The van der Waals surface area contributed by atoms with E-state index in [2.05, 4.69) is 5.32 Å². The molecule has 2 aliphatic rings. The van der Waals surface area contributed by atoms with Gasteiger partial charge < -0.3 is 15.1 Å². The molecule has 0 bridgehead atoms. The van der Waals surface area contributed by atoms with Gasteiger partial charge in [0.15, 0.2) is 0 Å². The lowest BCUT2D eigenvalue weighted by Gasteiger charge is -2.29. The molecular formula is C19H21N3O2. The van der Waals surface area contributed by atoms with Crippen molar-refractivity contribution in [3.8, 4) is 0 Å². The molecule has 5 heteroatoms. The van der Waals surface area contributed by atoms with Crippen LogP contribution >= 0.6 is 0 Å². The molecule has 2 aromatic rings. The zero-order chi connectivity index (χ0) is 16.5. The van der Waals surface area contributed by atoms with E-state index in [1.165, 1.54) is 0 Å². The number of hydrogen-bond acceptors (Lipinski definition) is 3. The smallest absolute Gasteiger partial charge is 0.228 e. The molecule has 0 aliphatic carbocycles. The predicted molar refractivity (Wildman–Crippen MR) is 93.9 cm³/mol. The summed E-state index contributed by atoms with van der Waals surface area (Å²) in [5, 5.41) is 5.42. The summed E-state index contributed by atoms with van der Waals surface area (Å²) in [7, 11) is 0. The second kappa shape index (κ2) is 6.24. The van der Waals surface area contributed by atoms with Gasteiger partial charge in [-0.25, -0.2) is 0 Å². The second-order valence-corrected chi connectivity index (χ2v) is 6.48. The lowest BCUT2D eigenvalue weighted by atomic mass is 10.1.